The first-order chi connectivity index (χ1) is 14.0. The maximum Gasteiger partial charge on any atom is 0.291 e. The molecule has 0 saturated heterocycles. The Morgan fingerprint density at radius 2 is 2.03 bits per heavy atom. The normalized spacial score (nSPS) is 15.9. The standard InChI is InChI=1S/C21H20ClN5O2/c1-12-2-4-13(5-3-12)10-18-25-19(27-26-18)21(29)23-16-9-7-14-6-8-15(22)11-17(14)24-20(16)28/h2-6,8,11,16H,7,9-10H2,1H3,(H,23,29)(H,24,28)(H,25,26,27). The molecular formula is C21H20ClN5O2. The van der Waals surface area contributed by atoms with Gasteiger partial charge in [0.2, 0.25) is 11.7 Å². The minimum Gasteiger partial charge on any atom is -0.337 e. The van der Waals surface area contributed by atoms with Crippen LogP contribution in [-0.2, 0) is 17.6 Å². The molecular weight excluding hydrogens is 390 g/mol. The second-order valence-corrected chi connectivity index (χ2v) is 7.56. The SMILES string of the molecule is Cc1ccc(Cc2nc(C(=O)NC3CCc4ccc(Cl)cc4NC3=O)n[nH]2)cc1. The molecule has 7 nitrogen and oxygen atoms in total. The zero-order valence-corrected chi connectivity index (χ0v) is 16.6. The van der Waals surface area contributed by atoms with E-state index in [-0.39, 0.29) is 11.7 Å². The number of rotatable bonds is 4. The van der Waals surface area contributed by atoms with Crippen molar-refractivity contribution >= 4 is 29.1 Å². The summed E-state index contributed by atoms with van der Waals surface area (Å²) in [5.41, 5.74) is 3.91. The molecule has 3 aromatic rings. The highest BCUT2D eigenvalue weighted by atomic mass is 35.5. The predicted octanol–water partition coefficient (Wildman–Crippen LogP) is 3.04. The summed E-state index contributed by atoms with van der Waals surface area (Å²) in [7, 11) is 0. The Morgan fingerprint density at radius 3 is 2.83 bits per heavy atom. The number of nitrogens with one attached hydrogen (secondary N) is 3. The molecule has 3 N–H and O–H groups in total. The number of aromatic nitrogens is 3. The Morgan fingerprint density at radius 1 is 1.24 bits per heavy atom. The molecule has 0 aliphatic carbocycles. The topological polar surface area (TPSA) is 99.8 Å². The van der Waals surface area contributed by atoms with Crippen LogP contribution in [0.1, 0.15) is 39.6 Å². The largest absolute Gasteiger partial charge is 0.337 e. The van der Waals surface area contributed by atoms with Gasteiger partial charge in [-0.3, -0.25) is 14.7 Å². The molecule has 0 bridgehead atoms. The molecule has 1 aliphatic rings. The lowest BCUT2D eigenvalue weighted by molar-refractivity contribution is -0.118. The minimum absolute atomic E-state index is 0.0183. The maximum atomic E-state index is 12.6. The summed E-state index contributed by atoms with van der Waals surface area (Å²) in [6.07, 6.45) is 1.66. The smallest absolute Gasteiger partial charge is 0.291 e. The molecule has 29 heavy (non-hydrogen) atoms. The summed E-state index contributed by atoms with van der Waals surface area (Å²) in [5, 5.41) is 12.9. The number of benzene rings is 2. The molecule has 2 heterocycles. The van der Waals surface area contributed by atoms with Gasteiger partial charge in [0.1, 0.15) is 11.9 Å². The number of hydrogen-bond donors (Lipinski definition) is 3. The van der Waals surface area contributed by atoms with E-state index in [1.165, 1.54) is 5.56 Å². The highest BCUT2D eigenvalue weighted by Gasteiger charge is 2.27. The fraction of sp³-hybridized carbons (Fsp3) is 0.238. The van der Waals surface area contributed by atoms with Gasteiger partial charge in [-0.05, 0) is 43.0 Å². The lowest BCUT2D eigenvalue weighted by Crippen LogP contribution is -2.43. The van der Waals surface area contributed by atoms with Crippen LogP contribution in [0.25, 0.3) is 0 Å². The Labute approximate surface area is 172 Å². The third-order valence-corrected chi connectivity index (χ3v) is 5.12. The first-order valence-electron chi connectivity index (χ1n) is 9.35. The highest BCUT2D eigenvalue weighted by molar-refractivity contribution is 6.31. The first kappa shape index (κ1) is 19.1. The van der Waals surface area contributed by atoms with Gasteiger partial charge >= 0.3 is 0 Å². The molecule has 1 unspecified atom stereocenters. The lowest BCUT2D eigenvalue weighted by Gasteiger charge is -2.13. The van der Waals surface area contributed by atoms with Crippen LogP contribution in [0.5, 0.6) is 0 Å². The average molecular weight is 410 g/mol. The fourth-order valence-corrected chi connectivity index (χ4v) is 3.44. The van der Waals surface area contributed by atoms with E-state index in [1.54, 1.807) is 12.1 Å². The third kappa shape index (κ3) is 4.46. The van der Waals surface area contributed by atoms with Gasteiger partial charge in [-0.15, -0.1) is 5.10 Å². The van der Waals surface area contributed by atoms with Crippen LogP contribution in [0.4, 0.5) is 5.69 Å². The third-order valence-electron chi connectivity index (χ3n) is 4.88. The number of aromatic amines is 1. The number of nitrogens with zero attached hydrogens (tertiary/aromatic N) is 2. The summed E-state index contributed by atoms with van der Waals surface area (Å²) in [4.78, 5) is 29.3. The first-order valence-corrected chi connectivity index (χ1v) is 9.73. The van der Waals surface area contributed by atoms with E-state index < -0.39 is 11.9 Å². The number of aryl methyl sites for hydroxylation is 2. The molecule has 1 aliphatic heterocycles. The van der Waals surface area contributed by atoms with Gasteiger partial charge in [0.25, 0.3) is 5.91 Å². The van der Waals surface area contributed by atoms with Gasteiger partial charge in [0.05, 0.1) is 0 Å². The van der Waals surface area contributed by atoms with Gasteiger partial charge in [-0.2, -0.15) is 0 Å². The van der Waals surface area contributed by atoms with E-state index in [9.17, 15) is 9.59 Å². The Balaban J connectivity index is 1.41. The number of amides is 2. The number of halogens is 1. The zero-order chi connectivity index (χ0) is 20.4. The van der Waals surface area contributed by atoms with E-state index in [0.717, 1.165) is 11.1 Å². The van der Waals surface area contributed by atoms with E-state index in [1.807, 2.05) is 37.3 Å². The summed E-state index contributed by atoms with van der Waals surface area (Å²) in [5.74, 6) is -0.161. The number of carbonyl (C=O) groups is 2. The van der Waals surface area contributed by atoms with Gasteiger partial charge in [-0.25, -0.2) is 4.98 Å². The summed E-state index contributed by atoms with van der Waals surface area (Å²) < 4.78 is 0. The van der Waals surface area contributed by atoms with Crippen LogP contribution >= 0.6 is 11.6 Å². The van der Waals surface area contributed by atoms with Crippen LogP contribution in [0.15, 0.2) is 42.5 Å². The van der Waals surface area contributed by atoms with Gasteiger partial charge in [-0.1, -0.05) is 47.5 Å². The van der Waals surface area contributed by atoms with Crippen molar-refractivity contribution < 1.29 is 9.59 Å². The van der Waals surface area contributed by atoms with Crippen LogP contribution in [0, 0.1) is 6.92 Å². The monoisotopic (exact) mass is 409 g/mol. The molecule has 148 valence electrons. The Kier molecular flexibility index (Phi) is 5.31. The van der Waals surface area contributed by atoms with Crippen molar-refractivity contribution in [2.45, 2.75) is 32.2 Å². The van der Waals surface area contributed by atoms with E-state index >= 15 is 0 Å². The minimum atomic E-state index is -0.673. The predicted molar refractivity (Wildman–Crippen MR) is 110 cm³/mol. The van der Waals surface area contributed by atoms with Gasteiger partial charge in [0.15, 0.2) is 0 Å². The summed E-state index contributed by atoms with van der Waals surface area (Å²) in [6.45, 7) is 2.03. The highest BCUT2D eigenvalue weighted by Crippen LogP contribution is 2.25. The van der Waals surface area contributed by atoms with Crippen molar-refractivity contribution in [3.8, 4) is 0 Å². The molecule has 2 aromatic carbocycles. The zero-order valence-electron chi connectivity index (χ0n) is 15.8. The molecule has 0 saturated carbocycles. The van der Waals surface area contributed by atoms with Crippen LogP contribution in [-0.4, -0.2) is 33.0 Å². The summed E-state index contributed by atoms with van der Waals surface area (Å²) >= 11 is 6.01. The fourth-order valence-electron chi connectivity index (χ4n) is 3.27. The Hall–Kier alpha value is -3.19. The van der Waals surface area contributed by atoms with E-state index in [2.05, 4.69) is 25.8 Å². The number of fused-ring (bicyclic) bond motifs is 1. The number of anilines is 1. The van der Waals surface area contributed by atoms with Crippen molar-refractivity contribution in [2.24, 2.45) is 0 Å². The second-order valence-electron chi connectivity index (χ2n) is 7.12. The molecule has 2 amide bonds. The number of H-pyrrole nitrogens is 1. The van der Waals surface area contributed by atoms with Crippen molar-refractivity contribution in [2.75, 3.05) is 5.32 Å². The van der Waals surface area contributed by atoms with Crippen molar-refractivity contribution in [1.82, 2.24) is 20.5 Å². The van der Waals surface area contributed by atoms with Crippen molar-refractivity contribution in [3.63, 3.8) is 0 Å². The van der Waals surface area contributed by atoms with Crippen LogP contribution in [0.2, 0.25) is 5.02 Å². The van der Waals surface area contributed by atoms with Gasteiger partial charge in [0, 0.05) is 17.1 Å². The second kappa shape index (κ2) is 8.05. The van der Waals surface area contributed by atoms with Crippen LogP contribution < -0.4 is 10.6 Å². The number of carbonyl (C=O) groups excluding carboxylic acids is 2. The maximum absolute atomic E-state index is 12.6. The molecule has 0 spiro atoms. The number of hydrogen-bond acceptors (Lipinski definition) is 4. The average Bonchev–Trinajstić information content (AvgIpc) is 3.10. The molecule has 0 radical (unpaired) electrons. The molecule has 1 aromatic heterocycles. The molecule has 0 fully saturated rings. The lowest BCUT2D eigenvalue weighted by atomic mass is 10.1. The molecule has 4 rings (SSSR count). The van der Waals surface area contributed by atoms with E-state index in [0.29, 0.717) is 35.8 Å². The quantitative estimate of drug-likeness (QED) is 0.616. The van der Waals surface area contributed by atoms with Gasteiger partial charge < -0.3 is 10.6 Å². The molecule has 8 heteroatoms. The summed E-state index contributed by atoms with van der Waals surface area (Å²) in [6, 6.07) is 12.8. The van der Waals surface area contributed by atoms with Crippen molar-refractivity contribution in [1.29, 1.82) is 0 Å². The van der Waals surface area contributed by atoms with E-state index in [4.69, 9.17) is 11.6 Å². The van der Waals surface area contributed by atoms with Crippen LogP contribution in [0.3, 0.4) is 0 Å². The Bertz CT molecular complexity index is 1060. The molecule has 1 atom stereocenters. The van der Waals surface area contributed by atoms with Crippen molar-refractivity contribution in [3.05, 3.63) is 75.8 Å².